The van der Waals surface area contributed by atoms with Crippen LogP contribution in [-0.2, 0) is 0 Å². The zero-order valence-electron chi connectivity index (χ0n) is 15.9. The molecule has 4 heteroatoms. The van der Waals surface area contributed by atoms with Gasteiger partial charge in [-0.15, -0.1) is 0 Å². The van der Waals surface area contributed by atoms with Gasteiger partial charge in [0, 0.05) is 18.3 Å². The number of rotatable bonds is 5. The average molecular weight is 405 g/mol. The quantitative estimate of drug-likeness (QED) is 0.477. The molecule has 0 saturated carbocycles. The third kappa shape index (κ3) is 4.60. The third-order valence-electron chi connectivity index (χ3n) is 5.19. The number of benzene rings is 3. The Morgan fingerprint density at radius 2 is 1.39 bits per heavy atom. The van der Waals surface area contributed by atoms with Crippen LogP contribution in [0, 0.1) is 0 Å². The van der Waals surface area contributed by atoms with Gasteiger partial charge in [-0.25, -0.2) is 0 Å². The van der Waals surface area contributed by atoms with Crippen molar-refractivity contribution in [2.24, 2.45) is 0 Å². The second kappa shape index (κ2) is 9.32. The number of nitrogens with one attached hydrogen (secondary N) is 1. The Balaban J connectivity index is 1.53. The molecule has 0 aliphatic carbocycles. The monoisotopic (exact) mass is 404 g/mol. The molecule has 1 fully saturated rings. The number of anilines is 1. The molecule has 0 amide bonds. The number of nitrogens with zero attached hydrogens (tertiary/aromatic N) is 1. The van der Waals surface area contributed by atoms with Crippen molar-refractivity contribution in [3.8, 4) is 0 Å². The SMILES string of the molecule is S=C(Nc1ccccc1)N1CCC[C@H]1CP(c1ccccc1)c1ccccc1. The van der Waals surface area contributed by atoms with Gasteiger partial charge >= 0.3 is 0 Å². The van der Waals surface area contributed by atoms with E-state index in [-0.39, 0.29) is 0 Å². The maximum atomic E-state index is 5.78. The zero-order valence-corrected chi connectivity index (χ0v) is 17.6. The Hall–Kier alpha value is -2.22. The lowest BCUT2D eigenvalue weighted by atomic mass is 10.2. The van der Waals surface area contributed by atoms with E-state index >= 15 is 0 Å². The molecule has 1 saturated heterocycles. The van der Waals surface area contributed by atoms with Gasteiger partial charge in [0.15, 0.2) is 5.11 Å². The topological polar surface area (TPSA) is 15.3 Å². The molecule has 2 nitrogen and oxygen atoms in total. The van der Waals surface area contributed by atoms with Crippen molar-refractivity contribution in [1.29, 1.82) is 0 Å². The predicted molar refractivity (Wildman–Crippen MR) is 126 cm³/mol. The summed E-state index contributed by atoms with van der Waals surface area (Å²) >= 11 is 5.78. The van der Waals surface area contributed by atoms with Crippen LogP contribution in [0.15, 0.2) is 91.0 Å². The molecule has 1 aliphatic heterocycles. The Bertz CT molecular complexity index is 847. The van der Waals surface area contributed by atoms with Crippen LogP contribution in [0.25, 0.3) is 0 Å². The second-order valence-corrected chi connectivity index (χ2v) is 9.71. The standard InChI is InChI=1S/C24H25N2PS/c28-24(25-20-11-4-1-5-12-20)26-18-10-13-21(26)19-27(22-14-6-2-7-15-22)23-16-8-3-9-17-23/h1-9,11-12,14-17,21H,10,13,18-19H2,(H,25,28)/t21-/m0/s1. The second-order valence-electron chi connectivity index (χ2n) is 7.07. The number of hydrogen-bond donors (Lipinski definition) is 1. The van der Waals surface area contributed by atoms with Gasteiger partial charge in [-0.1, -0.05) is 78.9 Å². The Kier molecular flexibility index (Phi) is 6.36. The molecule has 0 radical (unpaired) electrons. The fraction of sp³-hybridized carbons (Fsp3) is 0.208. The summed E-state index contributed by atoms with van der Waals surface area (Å²) in [6, 6.07) is 32.6. The van der Waals surface area contributed by atoms with Crippen LogP contribution in [0.4, 0.5) is 5.69 Å². The first-order chi connectivity index (χ1) is 13.8. The highest BCUT2D eigenvalue weighted by Crippen LogP contribution is 2.37. The summed E-state index contributed by atoms with van der Waals surface area (Å²) in [6.45, 7) is 1.04. The average Bonchev–Trinajstić information content (AvgIpc) is 3.22. The van der Waals surface area contributed by atoms with E-state index in [9.17, 15) is 0 Å². The lowest BCUT2D eigenvalue weighted by Crippen LogP contribution is -2.41. The Morgan fingerprint density at radius 3 is 1.96 bits per heavy atom. The van der Waals surface area contributed by atoms with Crippen molar-refractivity contribution in [3.05, 3.63) is 91.0 Å². The first kappa shape index (κ1) is 19.1. The van der Waals surface area contributed by atoms with Crippen LogP contribution in [-0.4, -0.2) is 28.8 Å². The van der Waals surface area contributed by atoms with E-state index in [1.54, 1.807) is 0 Å². The van der Waals surface area contributed by atoms with Gasteiger partial charge in [0.25, 0.3) is 0 Å². The summed E-state index contributed by atoms with van der Waals surface area (Å²) in [5.74, 6) is 0. The fourth-order valence-corrected chi connectivity index (χ4v) is 6.74. The van der Waals surface area contributed by atoms with Crippen molar-refractivity contribution in [2.45, 2.75) is 18.9 Å². The predicted octanol–water partition coefficient (Wildman–Crippen LogP) is 4.98. The third-order valence-corrected chi connectivity index (χ3v) is 8.16. The summed E-state index contributed by atoms with van der Waals surface area (Å²) in [6.07, 6.45) is 3.54. The zero-order chi connectivity index (χ0) is 19.2. The summed E-state index contributed by atoms with van der Waals surface area (Å²) in [5, 5.41) is 7.17. The van der Waals surface area contributed by atoms with Gasteiger partial charge in [0.2, 0.25) is 0 Å². The first-order valence-electron chi connectivity index (χ1n) is 9.81. The maximum absolute atomic E-state index is 5.78. The van der Waals surface area contributed by atoms with E-state index in [1.807, 2.05) is 18.2 Å². The lowest BCUT2D eigenvalue weighted by Gasteiger charge is -2.31. The normalized spacial score (nSPS) is 16.3. The van der Waals surface area contributed by atoms with Gasteiger partial charge in [0.1, 0.15) is 0 Å². The van der Waals surface area contributed by atoms with Crippen LogP contribution < -0.4 is 15.9 Å². The van der Waals surface area contributed by atoms with Crippen molar-refractivity contribution < 1.29 is 0 Å². The molecule has 0 aromatic heterocycles. The fourth-order valence-electron chi connectivity index (χ4n) is 3.80. The summed E-state index contributed by atoms with van der Waals surface area (Å²) in [5.41, 5.74) is 1.06. The molecule has 3 aromatic carbocycles. The Morgan fingerprint density at radius 1 is 0.857 bits per heavy atom. The number of hydrogen-bond acceptors (Lipinski definition) is 1. The van der Waals surface area contributed by atoms with Crippen LogP contribution in [0.3, 0.4) is 0 Å². The van der Waals surface area contributed by atoms with E-state index in [0.717, 1.165) is 23.5 Å². The van der Waals surface area contributed by atoms with Gasteiger partial charge in [-0.3, -0.25) is 0 Å². The molecule has 4 rings (SSSR count). The minimum atomic E-state index is -0.402. The minimum Gasteiger partial charge on any atom is -0.346 e. The summed E-state index contributed by atoms with van der Waals surface area (Å²) < 4.78 is 0. The molecular formula is C24H25N2PS. The summed E-state index contributed by atoms with van der Waals surface area (Å²) in [4.78, 5) is 2.41. The van der Waals surface area contributed by atoms with E-state index < -0.39 is 7.92 Å². The van der Waals surface area contributed by atoms with Crippen LogP contribution in [0.1, 0.15) is 12.8 Å². The van der Waals surface area contributed by atoms with Gasteiger partial charge in [0.05, 0.1) is 0 Å². The van der Waals surface area contributed by atoms with Crippen LogP contribution in [0.5, 0.6) is 0 Å². The molecule has 3 aromatic rings. The molecule has 1 heterocycles. The number of likely N-dealkylation sites (tertiary alicyclic amines) is 1. The highest BCUT2D eigenvalue weighted by atomic mass is 32.1. The molecular weight excluding hydrogens is 379 g/mol. The van der Waals surface area contributed by atoms with Crippen molar-refractivity contribution in [2.75, 3.05) is 18.0 Å². The molecule has 0 bridgehead atoms. The lowest BCUT2D eigenvalue weighted by molar-refractivity contribution is 0.425. The first-order valence-corrected chi connectivity index (χ1v) is 11.7. The molecule has 0 unspecified atom stereocenters. The van der Waals surface area contributed by atoms with Crippen molar-refractivity contribution >= 4 is 41.5 Å². The van der Waals surface area contributed by atoms with Gasteiger partial charge in [-0.2, -0.15) is 0 Å². The molecule has 1 N–H and O–H groups in total. The van der Waals surface area contributed by atoms with E-state index in [0.29, 0.717) is 6.04 Å². The van der Waals surface area contributed by atoms with Crippen LogP contribution >= 0.6 is 20.1 Å². The van der Waals surface area contributed by atoms with Crippen molar-refractivity contribution in [3.63, 3.8) is 0 Å². The van der Waals surface area contributed by atoms with E-state index in [4.69, 9.17) is 12.2 Å². The molecule has 28 heavy (non-hydrogen) atoms. The highest BCUT2D eigenvalue weighted by Gasteiger charge is 2.30. The van der Waals surface area contributed by atoms with Gasteiger partial charge < -0.3 is 10.2 Å². The number of thiocarbonyl (C=S) groups is 1. The van der Waals surface area contributed by atoms with Crippen molar-refractivity contribution in [1.82, 2.24) is 4.90 Å². The number of para-hydroxylation sites is 1. The minimum absolute atomic E-state index is 0.402. The largest absolute Gasteiger partial charge is 0.346 e. The molecule has 142 valence electrons. The molecule has 1 aliphatic rings. The smallest absolute Gasteiger partial charge is 0.173 e. The van der Waals surface area contributed by atoms with E-state index in [1.165, 1.54) is 23.5 Å². The highest BCUT2D eigenvalue weighted by molar-refractivity contribution is 7.80. The molecule has 1 atom stereocenters. The van der Waals surface area contributed by atoms with Gasteiger partial charge in [-0.05, 0) is 61.9 Å². The maximum Gasteiger partial charge on any atom is 0.173 e. The molecule has 0 spiro atoms. The Labute approximate surface area is 174 Å². The summed E-state index contributed by atoms with van der Waals surface area (Å²) in [7, 11) is -0.402. The van der Waals surface area contributed by atoms with Crippen LogP contribution in [0.2, 0.25) is 0 Å². The van der Waals surface area contributed by atoms with E-state index in [2.05, 4.69) is 83.0 Å².